The van der Waals surface area contributed by atoms with E-state index >= 15 is 0 Å². The van der Waals surface area contributed by atoms with Crippen LogP contribution in [-0.2, 0) is 4.79 Å². The molecule has 0 saturated carbocycles. The van der Waals surface area contributed by atoms with Crippen molar-refractivity contribution in [3.8, 4) is 0 Å². The maximum Gasteiger partial charge on any atom is 0.244 e. The van der Waals surface area contributed by atoms with Gasteiger partial charge in [-0.3, -0.25) is 4.79 Å². The molecule has 0 aliphatic carbocycles. The van der Waals surface area contributed by atoms with Crippen LogP contribution < -0.4 is 11.1 Å². The molecule has 0 fully saturated rings. The molecule has 0 heterocycles. The van der Waals surface area contributed by atoms with Gasteiger partial charge in [0.2, 0.25) is 5.91 Å². The number of benzene rings is 1. The molecular formula is C13H20ClIN2O. The van der Waals surface area contributed by atoms with Crippen LogP contribution in [0, 0.1) is 10.5 Å². The van der Waals surface area contributed by atoms with E-state index in [1.54, 1.807) is 6.92 Å². The van der Waals surface area contributed by atoms with E-state index in [1.807, 2.05) is 32.0 Å². The van der Waals surface area contributed by atoms with Gasteiger partial charge < -0.3 is 11.1 Å². The van der Waals surface area contributed by atoms with Gasteiger partial charge in [-0.05, 0) is 60.6 Å². The predicted octanol–water partition coefficient (Wildman–Crippen LogP) is 3.48. The van der Waals surface area contributed by atoms with E-state index in [9.17, 15) is 4.79 Å². The summed E-state index contributed by atoms with van der Waals surface area (Å²) in [5, 5.41) is 2.87. The quantitative estimate of drug-likeness (QED) is 0.783. The third-order valence-electron chi connectivity index (χ3n) is 2.72. The van der Waals surface area contributed by atoms with E-state index in [0.717, 1.165) is 15.7 Å². The van der Waals surface area contributed by atoms with Gasteiger partial charge in [-0.15, -0.1) is 12.4 Å². The van der Waals surface area contributed by atoms with E-state index < -0.39 is 5.54 Å². The van der Waals surface area contributed by atoms with Crippen molar-refractivity contribution in [2.75, 3.05) is 5.32 Å². The summed E-state index contributed by atoms with van der Waals surface area (Å²) < 4.78 is 1.13. The standard InChI is InChI=1S/C13H19IN2O.ClH/c1-4-7-13(3,15)12(17)16-10-6-5-9(2)11(14)8-10;/h5-6,8H,4,7,15H2,1-3H3,(H,16,17);1H. The minimum absolute atomic E-state index is 0. The van der Waals surface area contributed by atoms with E-state index in [0.29, 0.717) is 6.42 Å². The topological polar surface area (TPSA) is 55.1 Å². The fourth-order valence-corrected chi connectivity index (χ4v) is 2.09. The minimum atomic E-state index is -0.801. The van der Waals surface area contributed by atoms with Gasteiger partial charge in [0.15, 0.2) is 0 Å². The number of halogens is 2. The van der Waals surface area contributed by atoms with Gasteiger partial charge in [-0.1, -0.05) is 19.4 Å². The zero-order valence-corrected chi connectivity index (χ0v) is 13.9. The van der Waals surface area contributed by atoms with E-state index in [2.05, 4.69) is 27.9 Å². The molecule has 18 heavy (non-hydrogen) atoms. The Morgan fingerprint density at radius 1 is 1.50 bits per heavy atom. The highest BCUT2D eigenvalue weighted by Crippen LogP contribution is 2.19. The number of nitrogens with two attached hydrogens (primary N) is 1. The Labute approximate surface area is 128 Å². The Kier molecular flexibility index (Phi) is 7.17. The number of hydrogen-bond acceptors (Lipinski definition) is 2. The highest BCUT2D eigenvalue weighted by molar-refractivity contribution is 14.1. The Hall–Kier alpha value is -0.330. The van der Waals surface area contributed by atoms with Gasteiger partial charge in [0.25, 0.3) is 0 Å². The first-order valence-electron chi connectivity index (χ1n) is 5.73. The number of hydrogen-bond donors (Lipinski definition) is 2. The van der Waals surface area contributed by atoms with Crippen molar-refractivity contribution in [3.63, 3.8) is 0 Å². The zero-order chi connectivity index (χ0) is 13.1. The molecule has 0 spiro atoms. The molecule has 0 saturated heterocycles. The van der Waals surface area contributed by atoms with Crippen molar-refractivity contribution in [2.45, 2.75) is 39.2 Å². The summed E-state index contributed by atoms with van der Waals surface area (Å²) in [7, 11) is 0. The van der Waals surface area contributed by atoms with Crippen molar-refractivity contribution in [2.24, 2.45) is 5.73 Å². The molecule has 0 radical (unpaired) electrons. The highest BCUT2D eigenvalue weighted by atomic mass is 127. The molecule has 3 nitrogen and oxygen atoms in total. The highest BCUT2D eigenvalue weighted by Gasteiger charge is 2.27. The molecule has 1 amide bonds. The van der Waals surface area contributed by atoms with Crippen LogP contribution in [0.15, 0.2) is 18.2 Å². The minimum Gasteiger partial charge on any atom is -0.324 e. The lowest BCUT2D eigenvalue weighted by molar-refractivity contribution is -0.120. The van der Waals surface area contributed by atoms with Crippen LogP contribution in [0.5, 0.6) is 0 Å². The summed E-state index contributed by atoms with van der Waals surface area (Å²) in [5.41, 5.74) is 7.18. The molecule has 0 aliphatic rings. The van der Waals surface area contributed by atoms with Crippen molar-refractivity contribution in [1.82, 2.24) is 0 Å². The average Bonchev–Trinajstić information content (AvgIpc) is 2.23. The van der Waals surface area contributed by atoms with Crippen LogP contribution in [0.4, 0.5) is 5.69 Å². The molecule has 1 aromatic carbocycles. The lowest BCUT2D eigenvalue weighted by atomic mass is 9.96. The molecule has 5 heteroatoms. The largest absolute Gasteiger partial charge is 0.324 e. The molecule has 1 atom stereocenters. The number of nitrogens with one attached hydrogen (secondary N) is 1. The van der Waals surface area contributed by atoms with Gasteiger partial charge in [0.05, 0.1) is 5.54 Å². The zero-order valence-electron chi connectivity index (χ0n) is 10.9. The summed E-state index contributed by atoms with van der Waals surface area (Å²) in [6.07, 6.45) is 1.58. The first-order chi connectivity index (χ1) is 7.86. The molecule has 0 bridgehead atoms. The number of rotatable bonds is 4. The van der Waals surface area contributed by atoms with E-state index in [1.165, 1.54) is 5.56 Å². The summed E-state index contributed by atoms with van der Waals surface area (Å²) in [6.45, 7) is 5.83. The Morgan fingerprint density at radius 2 is 2.11 bits per heavy atom. The van der Waals surface area contributed by atoms with E-state index in [4.69, 9.17) is 5.73 Å². The van der Waals surface area contributed by atoms with Crippen LogP contribution in [0.25, 0.3) is 0 Å². The summed E-state index contributed by atoms with van der Waals surface area (Å²) >= 11 is 2.25. The van der Waals surface area contributed by atoms with Crippen LogP contribution in [0.1, 0.15) is 32.3 Å². The second kappa shape index (κ2) is 7.31. The van der Waals surface area contributed by atoms with Gasteiger partial charge in [-0.25, -0.2) is 0 Å². The SMILES string of the molecule is CCCC(C)(N)C(=O)Nc1ccc(C)c(I)c1.Cl. The first kappa shape index (κ1) is 17.7. The lowest BCUT2D eigenvalue weighted by Gasteiger charge is -2.23. The molecule has 102 valence electrons. The lowest BCUT2D eigenvalue weighted by Crippen LogP contribution is -2.48. The maximum atomic E-state index is 12.0. The van der Waals surface area contributed by atoms with Gasteiger partial charge in [0.1, 0.15) is 0 Å². The van der Waals surface area contributed by atoms with Crippen molar-refractivity contribution in [1.29, 1.82) is 0 Å². The van der Waals surface area contributed by atoms with Crippen molar-refractivity contribution in [3.05, 3.63) is 27.3 Å². The second-order valence-corrected chi connectivity index (χ2v) is 5.75. The third-order valence-corrected chi connectivity index (χ3v) is 3.88. The normalized spacial score (nSPS) is 13.4. The van der Waals surface area contributed by atoms with E-state index in [-0.39, 0.29) is 18.3 Å². The fourth-order valence-electron chi connectivity index (χ4n) is 1.58. The van der Waals surface area contributed by atoms with Crippen LogP contribution in [-0.4, -0.2) is 11.4 Å². The number of amides is 1. The molecule has 1 aromatic rings. The van der Waals surface area contributed by atoms with Crippen LogP contribution in [0.3, 0.4) is 0 Å². The van der Waals surface area contributed by atoms with Crippen LogP contribution >= 0.6 is 35.0 Å². The van der Waals surface area contributed by atoms with Gasteiger partial charge in [-0.2, -0.15) is 0 Å². The Morgan fingerprint density at radius 3 is 2.61 bits per heavy atom. The average molecular weight is 383 g/mol. The molecule has 0 aliphatic heterocycles. The molecule has 1 unspecified atom stereocenters. The summed E-state index contributed by atoms with van der Waals surface area (Å²) in [5.74, 6) is -0.126. The monoisotopic (exact) mass is 382 g/mol. The smallest absolute Gasteiger partial charge is 0.244 e. The van der Waals surface area contributed by atoms with Crippen molar-refractivity contribution < 1.29 is 4.79 Å². The molecule has 1 rings (SSSR count). The predicted molar refractivity (Wildman–Crippen MR) is 87.3 cm³/mol. The molecular weight excluding hydrogens is 363 g/mol. The van der Waals surface area contributed by atoms with Gasteiger partial charge in [0, 0.05) is 9.26 Å². The van der Waals surface area contributed by atoms with Gasteiger partial charge >= 0.3 is 0 Å². The molecule has 0 aromatic heterocycles. The first-order valence-corrected chi connectivity index (χ1v) is 6.81. The maximum absolute atomic E-state index is 12.0. The van der Waals surface area contributed by atoms with Crippen molar-refractivity contribution >= 4 is 46.6 Å². The summed E-state index contributed by atoms with van der Waals surface area (Å²) in [6, 6.07) is 5.85. The Bertz CT molecular complexity index is 421. The van der Waals surface area contributed by atoms with Crippen LogP contribution in [0.2, 0.25) is 0 Å². The summed E-state index contributed by atoms with van der Waals surface area (Å²) in [4.78, 5) is 12.0. The third kappa shape index (κ3) is 4.74. The molecule has 3 N–H and O–H groups in total. The number of aryl methyl sites for hydroxylation is 1. The number of anilines is 1. The number of carbonyl (C=O) groups is 1. The Balaban J connectivity index is 0.00000289. The fraction of sp³-hybridized carbons (Fsp3) is 0.462. The second-order valence-electron chi connectivity index (χ2n) is 4.59. The number of carbonyl (C=O) groups excluding carboxylic acids is 1.